The molecule has 0 spiro atoms. The van der Waals surface area contributed by atoms with Crippen LogP contribution in [0, 0.1) is 25.2 Å². The maximum Gasteiger partial charge on any atom is 0.263 e. The Morgan fingerprint density at radius 1 is 1.35 bits per heavy atom. The van der Waals surface area contributed by atoms with Crippen molar-refractivity contribution in [2.75, 3.05) is 11.9 Å². The summed E-state index contributed by atoms with van der Waals surface area (Å²) in [7, 11) is 0. The summed E-state index contributed by atoms with van der Waals surface area (Å²) in [5.41, 5.74) is 2.11. The molecule has 0 radical (unpaired) electrons. The van der Waals surface area contributed by atoms with E-state index in [-0.39, 0.29) is 11.5 Å². The van der Waals surface area contributed by atoms with Crippen LogP contribution < -0.4 is 10.6 Å². The minimum atomic E-state index is -0.388. The first-order chi connectivity index (χ1) is 11.1. The van der Waals surface area contributed by atoms with Gasteiger partial charge in [-0.05, 0) is 25.8 Å². The van der Waals surface area contributed by atoms with E-state index in [1.807, 2.05) is 50.2 Å². The molecule has 1 aromatic heterocycles. The molecule has 2 aromatic rings. The van der Waals surface area contributed by atoms with E-state index in [0.29, 0.717) is 11.7 Å². The Morgan fingerprint density at radius 2 is 2.09 bits per heavy atom. The van der Waals surface area contributed by atoms with Crippen molar-refractivity contribution in [3.63, 3.8) is 0 Å². The molecule has 0 atom stereocenters. The molecule has 1 amide bonds. The average Bonchev–Trinajstić information content (AvgIpc) is 2.87. The monoisotopic (exact) mass is 326 g/mol. The zero-order valence-corrected chi connectivity index (χ0v) is 13.9. The zero-order valence-electron chi connectivity index (χ0n) is 13.1. The van der Waals surface area contributed by atoms with Gasteiger partial charge in [-0.1, -0.05) is 30.3 Å². The number of carbonyl (C=O) groups excluding carboxylic acids is 1. The van der Waals surface area contributed by atoms with Gasteiger partial charge in [0.05, 0.1) is 5.69 Å². The molecule has 118 valence electrons. The lowest BCUT2D eigenvalue weighted by molar-refractivity contribution is -0.117. The highest BCUT2D eigenvalue weighted by atomic mass is 32.1. The first-order valence-electron chi connectivity index (χ1n) is 7.23. The third-order valence-electron chi connectivity index (χ3n) is 3.28. The van der Waals surface area contributed by atoms with Crippen LogP contribution in [-0.2, 0) is 11.2 Å². The molecule has 2 N–H and O–H groups in total. The maximum atomic E-state index is 12.0. The van der Waals surface area contributed by atoms with Crippen LogP contribution in [0.15, 0.2) is 42.1 Å². The molecule has 0 bridgehead atoms. The Labute approximate surface area is 139 Å². The van der Waals surface area contributed by atoms with Crippen LogP contribution in [0.2, 0.25) is 0 Å². The number of carbonyl (C=O) groups is 1. The van der Waals surface area contributed by atoms with Gasteiger partial charge in [-0.25, -0.2) is 4.98 Å². The van der Waals surface area contributed by atoms with Gasteiger partial charge in [0.2, 0.25) is 0 Å². The lowest BCUT2D eigenvalue weighted by atomic mass is 10.1. The van der Waals surface area contributed by atoms with Gasteiger partial charge in [-0.3, -0.25) is 4.79 Å². The van der Waals surface area contributed by atoms with Crippen LogP contribution in [0.3, 0.4) is 0 Å². The van der Waals surface area contributed by atoms with Crippen LogP contribution in [0.5, 0.6) is 0 Å². The van der Waals surface area contributed by atoms with Crippen molar-refractivity contribution in [2.45, 2.75) is 20.3 Å². The van der Waals surface area contributed by atoms with Crippen LogP contribution in [-0.4, -0.2) is 17.4 Å². The average molecular weight is 326 g/mol. The second-order valence-corrected chi connectivity index (χ2v) is 6.17. The fourth-order valence-electron chi connectivity index (χ4n) is 1.88. The van der Waals surface area contributed by atoms with Gasteiger partial charge >= 0.3 is 0 Å². The number of nitrogens with one attached hydrogen (secondary N) is 2. The molecule has 0 fully saturated rings. The van der Waals surface area contributed by atoms with Crippen LogP contribution in [0.4, 0.5) is 5.13 Å². The van der Waals surface area contributed by atoms with Crippen molar-refractivity contribution in [1.82, 2.24) is 10.3 Å². The summed E-state index contributed by atoms with van der Waals surface area (Å²) in [4.78, 5) is 17.4. The summed E-state index contributed by atoms with van der Waals surface area (Å²) in [6, 6.07) is 11.8. The normalized spacial score (nSPS) is 10.9. The summed E-state index contributed by atoms with van der Waals surface area (Å²) in [6.07, 6.45) is 2.12. The van der Waals surface area contributed by atoms with Gasteiger partial charge in [0.15, 0.2) is 5.13 Å². The summed E-state index contributed by atoms with van der Waals surface area (Å²) >= 11 is 1.49. The van der Waals surface area contributed by atoms with Crippen LogP contribution >= 0.6 is 11.3 Å². The number of benzene rings is 1. The molecular formula is C17H18N4OS. The summed E-state index contributed by atoms with van der Waals surface area (Å²) < 4.78 is 0. The Morgan fingerprint density at radius 3 is 2.70 bits per heavy atom. The number of hydrogen-bond acceptors (Lipinski definition) is 5. The molecule has 1 aromatic carbocycles. The molecule has 23 heavy (non-hydrogen) atoms. The fourth-order valence-corrected chi connectivity index (χ4v) is 2.66. The van der Waals surface area contributed by atoms with Crippen LogP contribution in [0.25, 0.3) is 0 Å². The first-order valence-corrected chi connectivity index (χ1v) is 8.04. The number of thiazole rings is 1. The second kappa shape index (κ2) is 8.11. The number of anilines is 1. The van der Waals surface area contributed by atoms with E-state index >= 15 is 0 Å². The Kier molecular flexibility index (Phi) is 5.89. The predicted molar refractivity (Wildman–Crippen MR) is 92.1 cm³/mol. The lowest BCUT2D eigenvalue weighted by Crippen LogP contribution is -2.27. The Balaban J connectivity index is 1.88. The molecule has 0 aliphatic rings. The van der Waals surface area contributed by atoms with Crippen LogP contribution in [0.1, 0.15) is 16.1 Å². The molecule has 5 nitrogen and oxygen atoms in total. The van der Waals surface area contributed by atoms with E-state index in [4.69, 9.17) is 5.26 Å². The van der Waals surface area contributed by atoms with Crippen molar-refractivity contribution >= 4 is 22.4 Å². The molecule has 6 heteroatoms. The van der Waals surface area contributed by atoms with Crippen molar-refractivity contribution in [3.8, 4) is 6.07 Å². The first kappa shape index (κ1) is 16.7. The molecule has 0 saturated carbocycles. The number of rotatable bonds is 6. The highest BCUT2D eigenvalue weighted by molar-refractivity contribution is 7.15. The van der Waals surface area contributed by atoms with Gasteiger partial charge in [-0.15, -0.1) is 11.3 Å². The Hall–Kier alpha value is -2.65. The number of nitrogens with zero attached hydrogens (tertiary/aromatic N) is 2. The van der Waals surface area contributed by atoms with Gasteiger partial charge < -0.3 is 10.6 Å². The SMILES string of the molecule is Cc1nc(N/C=C(/C#N)C(=O)NCCc2ccccc2)sc1C. The number of aromatic nitrogens is 1. The minimum absolute atomic E-state index is 0.0311. The lowest BCUT2D eigenvalue weighted by Gasteiger charge is -2.04. The number of aryl methyl sites for hydroxylation is 2. The standard InChI is InChI=1S/C17H18N4OS/c1-12-13(2)23-17(21-12)20-11-15(10-18)16(22)19-9-8-14-6-4-3-5-7-14/h3-7,11H,8-9H2,1-2H3,(H,19,22)(H,20,21)/b15-11-. The van der Waals surface area contributed by atoms with E-state index in [0.717, 1.165) is 22.6 Å². The summed E-state index contributed by atoms with van der Waals surface area (Å²) in [6.45, 7) is 4.38. The quantitative estimate of drug-likeness (QED) is 0.632. The molecule has 0 saturated heterocycles. The summed E-state index contributed by atoms with van der Waals surface area (Å²) in [5, 5.41) is 15.4. The topological polar surface area (TPSA) is 77.8 Å². The van der Waals surface area contributed by atoms with E-state index in [2.05, 4.69) is 15.6 Å². The fraction of sp³-hybridized carbons (Fsp3) is 0.235. The number of amides is 1. The van der Waals surface area contributed by atoms with E-state index < -0.39 is 0 Å². The molecule has 1 heterocycles. The third-order valence-corrected chi connectivity index (χ3v) is 4.28. The summed E-state index contributed by atoms with van der Waals surface area (Å²) in [5.74, 6) is -0.388. The van der Waals surface area contributed by atoms with E-state index in [1.165, 1.54) is 17.5 Å². The van der Waals surface area contributed by atoms with Crippen molar-refractivity contribution in [1.29, 1.82) is 5.26 Å². The number of hydrogen-bond donors (Lipinski definition) is 2. The Bertz CT molecular complexity index is 724. The van der Waals surface area contributed by atoms with Gasteiger partial charge in [0.25, 0.3) is 5.91 Å². The van der Waals surface area contributed by atoms with E-state index in [9.17, 15) is 4.79 Å². The maximum absolute atomic E-state index is 12.0. The van der Waals surface area contributed by atoms with Gasteiger partial charge in [0, 0.05) is 17.6 Å². The highest BCUT2D eigenvalue weighted by Gasteiger charge is 2.09. The van der Waals surface area contributed by atoms with Gasteiger partial charge in [0.1, 0.15) is 11.6 Å². The third kappa shape index (κ3) is 4.94. The molecule has 0 unspecified atom stereocenters. The highest BCUT2D eigenvalue weighted by Crippen LogP contribution is 2.21. The smallest absolute Gasteiger partial charge is 0.263 e. The molecular weight excluding hydrogens is 308 g/mol. The van der Waals surface area contributed by atoms with Crippen molar-refractivity contribution in [2.24, 2.45) is 0 Å². The van der Waals surface area contributed by atoms with Gasteiger partial charge in [-0.2, -0.15) is 5.26 Å². The predicted octanol–water partition coefficient (Wildman–Crippen LogP) is 2.94. The number of nitriles is 1. The molecule has 0 aliphatic carbocycles. The van der Waals surface area contributed by atoms with E-state index in [1.54, 1.807) is 0 Å². The largest absolute Gasteiger partial charge is 0.351 e. The molecule has 2 rings (SSSR count). The zero-order chi connectivity index (χ0) is 16.7. The van der Waals surface area contributed by atoms with Crippen molar-refractivity contribution in [3.05, 3.63) is 58.2 Å². The minimum Gasteiger partial charge on any atom is -0.351 e. The van der Waals surface area contributed by atoms with Crippen molar-refractivity contribution < 1.29 is 4.79 Å². The second-order valence-electron chi connectivity index (χ2n) is 4.97. The molecule has 0 aliphatic heterocycles.